The number of aryl methyl sites for hydroxylation is 3. The van der Waals surface area contributed by atoms with Crippen molar-refractivity contribution in [1.29, 1.82) is 0 Å². The maximum Gasteiger partial charge on any atom is 0.364 e. The molecule has 0 atom stereocenters. The first-order valence-corrected chi connectivity index (χ1v) is 8.73. The molecule has 0 bridgehead atoms. The van der Waals surface area contributed by atoms with Crippen LogP contribution in [0, 0.1) is 20.8 Å². The van der Waals surface area contributed by atoms with E-state index >= 15 is 0 Å². The zero-order chi connectivity index (χ0) is 18.8. The Bertz CT molecular complexity index is 1050. The fraction of sp³-hybridized carbons (Fsp3) is 0.286. The SMILES string of the molecule is CCCn1nc(C(=O)Oc2c(C)ccc(C)c2C)c2ccccc2c1=O. The summed E-state index contributed by atoms with van der Waals surface area (Å²) in [6.07, 6.45) is 0.746. The van der Waals surface area contributed by atoms with Crippen LogP contribution in [0.15, 0.2) is 41.2 Å². The summed E-state index contributed by atoms with van der Waals surface area (Å²) in [4.78, 5) is 25.5. The van der Waals surface area contributed by atoms with E-state index in [-0.39, 0.29) is 11.3 Å². The monoisotopic (exact) mass is 350 g/mol. The van der Waals surface area contributed by atoms with Gasteiger partial charge in [0, 0.05) is 11.9 Å². The van der Waals surface area contributed by atoms with Gasteiger partial charge >= 0.3 is 5.97 Å². The van der Waals surface area contributed by atoms with Crippen LogP contribution < -0.4 is 10.3 Å². The Morgan fingerprint density at radius 1 is 1.04 bits per heavy atom. The van der Waals surface area contributed by atoms with E-state index in [1.165, 1.54) is 4.68 Å². The number of nitrogens with zero attached hydrogens (tertiary/aromatic N) is 2. The smallest absolute Gasteiger partial charge is 0.364 e. The number of carbonyl (C=O) groups excluding carboxylic acids is 1. The van der Waals surface area contributed by atoms with E-state index in [1.807, 2.05) is 39.8 Å². The number of ether oxygens (including phenoxy) is 1. The average Bonchev–Trinajstić information content (AvgIpc) is 2.64. The van der Waals surface area contributed by atoms with Gasteiger partial charge in [-0.25, -0.2) is 9.48 Å². The normalized spacial score (nSPS) is 10.9. The molecule has 5 heteroatoms. The maximum absolute atomic E-state index is 12.9. The van der Waals surface area contributed by atoms with Crippen molar-refractivity contribution < 1.29 is 9.53 Å². The molecule has 1 aromatic heterocycles. The number of fused-ring (bicyclic) bond motifs is 1. The van der Waals surface area contributed by atoms with Crippen LogP contribution in [0.5, 0.6) is 5.75 Å². The van der Waals surface area contributed by atoms with Crippen molar-refractivity contribution in [3.8, 4) is 5.75 Å². The summed E-state index contributed by atoms with van der Waals surface area (Å²) in [5.41, 5.74) is 2.82. The molecule has 0 unspecified atom stereocenters. The predicted octanol–water partition coefficient (Wildman–Crippen LogP) is 3.95. The maximum atomic E-state index is 12.9. The Hall–Kier alpha value is -2.95. The molecule has 0 radical (unpaired) electrons. The van der Waals surface area contributed by atoms with Crippen molar-refractivity contribution >= 4 is 16.7 Å². The van der Waals surface area contributed by atoms with Gasteiger partial charge in [-0.2, -0.15) is 5.10 Å². The first-order chi connectivity index (χ1) is 12.4. The number of hydrogen-bond donors (Lipinski definition) is 0. The zero-order valence-corrected chi connectivity index (χ0v) is 15.5. The van der Waals surface area contributed by atoms with Crippen LogP contribution >= 0.6 is 0 Å². The van der Waals surface area contributed by atoms with E-state index in [0.29, 0.717) is 23.1 Å². The number of esters is 1. The number of benzene rings is 2. The molecule has 3 aromatic rings. The lowest BCUT2D eigenvalue weighted by molar-refractivity contribution is 0.0725. The Kier molecular flexibility index (Phi) is 4.89. The van der Waals surface area contributed by atoms with Crippen LogP contribution in [0.3, 0.4) is 0 Å². The largest absolute Gasteiger partial charge is 0.421 e. The topological polar surface area (TPSA) is 61.2 Å². The highest BCUT2D eigenvalue weighted by Gasteiger charge is 2.20. The third-order valence-corrected chi connectivity index (χ3v) is 4.56. The molecule has 5 nitrogen and oxygen atoms in total. The molecule has 0 saturated carbocycles. The van der Waals surface area contributed by atoms with Crippen LogP contribution in [0.25, 0.3) is 10.8 Å². The van der Waals surface area contributed by atoms with Gasteiger partial charge in [0.25, 0.3) is 5.56 Å². The molecular formula is C21H22N2O3. The first-order valence-electron chi connectivity index (χ1n) is 8.73. The summed E-state index contributed by atoms with van der Waals surface area (Å²) in [7, 11) is 0. The molecule has 0 spiro atoms. The Balaban J connectivity index is 2.13. The van der Waals surface area contributed by atoms with Gasteiger partial charge in [-0.3, -0.25) is 4.79 Å². The summed E-state index contributed by atoms with van der Waals surface area (Å²) in [5, 5.41) is 5.28. The van der Waals surface area contributed by atoms with Gasteiger partial charge in [-0.15, -0.1) is 0 Å². The van der Waals surface area contributed by atoms with Crippen molar-refractivity contribution in [3.63, 3.8) is 0 Å². The predicted molar refractivity (Wildman–Crippen MR) is 102 cm³/mol. The van der Waals surface area contributed by atoms with Crippen molar-refractivity contribution in [3.05, 3.63) is 69.1 Å². The summed E-state index contributed by atoms with van der Waals surface area (Å²) < 4.78 is 7.05. The molecule has 0 fully saturated rings. The lowest BCUT2D eigenvalue weighted by Crippen LogP contribution is -2.27. The Labute approximate surface area is 152 Å². The van der Waals surface area contributed by atoms with Gasteiger partial charge in [0.1, 0.15) is 5.75 Å². The number of carbonyl (C=O) groups is 1. The minimum atomic E-state index is -0.553. The van der Waals surface area contributed by atoms with Crippen molar-refractivity contribution in [2.75, 3.05) is 0 Å². The minimum absolute atomic E-state index is 0.161. The molecule has 0 saturated heterocycles. The van der Waals surface area contributed by atoms with E-state index in [4.69, 9.17) is 4.74 Å². The second kappa shape index (κ2) is 7.12. The minimum Gasteiger partial charge on any atom is -0.421 e. The van der Waals surface area contributed by atoms with E-state index in [2.05, 4.69) is 5.10 Å². The van der Waals surface area contributed by atoms with Gasteiger partial charge in [0.2, 0.25) is 0 Å². The van der Waals surface area contributed by atoms with Crippen LogP contribution in [0.4, 0.5) is 0 Å². The molecule has 3 rings (SSSR count). The molecule has 0 aliphatic heterocycles. The number of hydrogen-bond acceptors (Lipinski definition) is 4. The second-order valence-electron chi connectivity index (χ2n) is 6.47. The van der Waals surface area contributed by atoms with Crippen molar-refractivity contribution in [2.45, 2.75) is 40.7 Å². The van der Waals surface area contributed by atoms with Gasteiger partial charge in [0.15, 0.2) is 5.69 Å². The van der Waals surface area contributed by atoms with Crippen LogP contribution in [-0.4, -0.2) is 15.7 Å². The molecule has 0 aliphatic carbocycles. The Morgan fingerprint density at radius 3 is 2.38 bits per heavy atom. The van der Waals surface area contributed by atoms with Crippen molar-refractivity contribution in [2.24, 2.45) is 0 Å². The quantitative estimate of drug-likeness (QED) is 0.528. The summed E-state index contributed by atoms with van der Waals surface area (Å²) >= 11 is 0. The van der Waals surface area contributed by atoms with Crippen LogP contribution in [-0.2, 0) is 6.54 Å². The third kappa shape index (κ3) is 3.12. The fourth-order valence-electron chi connectivity index (χ4n) is 2.97. The number of rotatable bonds is 4. The van der Waals surface area contributed by atoms with Crippen molar-refractivity contribution in [1.82, 2.24) is 9.78 Å². The summed E-state index contributed by atoms with van der Waals surface area (Å²) in [6.45, 7) is 8.21. The van der Waals surface area contributed by atoms with E-state index < -0.39 is 5.97 Å². The lowest BCUT2D eigenvalue weighted by atomic mass is 10.1. The highest BCUT2D eigenvalue weighted by molar-refractivity contribution is 6.03. The van der Waals surface area contributed by atoms with E-state index in [0.717, 1.165) is 23.1 Å². The molecule has 26 heavy (non-hydrogen) atoms. The first kappa shape index (κ1) is 17.9. The molecule has 134 valence electrons. The van der Waals surface area contributed by atoms with Crippen LogP contribution in [0.2, 0.25) is 0 Å². The van der Waals surface area contributed by atoms with E-state index in [9.17, 15) is 9.59 Å². The van der Waals surface area contributed by atoms with Gasteiger partial charge in [-0.05, 0) is 49.9 Å². The molecular weight excluding hydrogens is 328 g/mol. The Morgan fingerprint density at radius 2 is 1.69 bits per heavy atom. The van der Waals surface area contributed by atoms with Gasteiger partial charge < -0.3 is 4.74 Å². The zero-order valence-electron chi connectivity index (χ0n) is 15.5. The average molecular weight is 350 g/mol. The second-order valence-corrected chi connectivity index (χ2v) is 6.47. The lowest BCUT2D eigenvalue weighted by Gasteiger charge is -2.14. The summed E-state index contributed by atoms with van der Waals surface area (Å²) in [5.74, 6) is -0.00280. The molecule has 0 aliphatic rings. The molecule has 0 amide bonds. The highest BCUT2D eigenvalue weighted by Crippen LogP contribution is 2.27. The third-order valence-electron chi connectivity index (χ3n) is 4.56. The van der Waals surface area contributed by atoms with Gasteiger partial charge in [0.05, 0.1) is 5.39 Å². The standard InChI is InChI=1S/C21H22N2O3/c1-5-12-23-20(24)17-9-7-6-8-16(17)18(22-23)21(25)26-19-14(3)11-10-13(2)15(19)4/h6-11H,5,12H2,1-4H3. The van der Waals surface area contributed by atoms with Gasteiger partial charge in [-0.1, -0.05) is 37.3 Å². The molecule has 1 heterocycles. The summed E-state index contributed by atoms with van der Waals surface area (Å²) in [6, 6.07) is 10.9. The van der Waals surface area contributed by atoms with Crippen LogP contribution in [0.1, 0.15) is 40.5 Å². The molecule has 2 aromatic carbocycles. The number of aromatic nitrogens is 2. The highest BCUT2D eigenvalue weighted by atomic mass is 16.5. The fourth-order valence-corrected chi connectivity index (χ4v) is 2.97. The molecule has 0 N–H and O–H groups in total. The van der Waals surface area contributed by atoms with E-state index in [1.54, 1.807) is 24.3 Å².